The second kappa shape index (κ2) is 6.38. The molecule has 1 aromatic rings. The summed E-state index contributed by atoms with van der Waals surface area (Å²) in [7, 11) is 0. The fraction of sp³-hybridized carbons (Fsp3) is 0.625. The molecule has 1 amide bonds. The number of aryl methyl sites for hydroxylation is 1. The number of nitrogens with zero attached hydrogens (tertiary/aromatic N) is 1. The van der Waals surface area contributed by atoms with Crippen LogP contribution in [0.15, 0.2) is 12.1 Å². The van der Waals surface area contributed by atoms with E-state index in [2.05, 4.69) is 19.1 Å². The number of carbonyl (C=O) groups is 2. The quantitative estimate of drug-likeness (QED) is 0.902. The van der Waals surface area contributed by atoms with E-state index in [0.29, 0.717) is 13.2 Å². The van der Waals surface area contributed by atoms with Crippen LogP contribution in [0.2, 0.25) is 0 Å². The Morgan fingerprint density at radius 2 is 2.09 bits per heavy atom. The van der Waals surface area contributed by atoms with Crippen LogP contribution in [-0.4, -0.2) is 47.7 Å². The van der Waals surface area contributed by atoms with Crippen molar-refractivity contribution in [2.24, 2.45) is 5.92 Å². The third-order valence-electron chi connectivity index (χ3n) is 4.45. The summed E-state index contributed by atoms with van der Waals surface area (Å²) in [6.45, 7) is 3.07. The molecule has 1 saturated carbocycles. The summed E-state index contributed by atoms with van der Waals surface area (Å²) in [5.74, 6) is -0.697. The number of ether oxygens (including phenoxy) is 1. The van der Waals surface area contributed by atoms with E-state index in [4.69, 9.17) is 9.84 Å². The summed E-state index contributed by atoms with van der Waals surface area (Å²) in [4.78, 5) is 28.0. The first-order valence-electron chi connectivity index (χ1n) is 7.72. The molecule has 3 rings (SSSR count). The van der Waals surface area contributed by atoms with Crippen molar-refractivity contribution in [2.45, 2.75) is 38.1 Å². The van der Waals surface area contributed by atoms with Gasteiger partial charge in [0.05, 0.1) is 0 Å². The Kier molecular flexibility index (Phi) is 4.49. The Bertz CT molecular complexity index is 564. The van der Waals surface area contributed by atoms with Gasteiger partial charge in [0.1, 0.15) is 6.54 Å². The minimum atomic E-state index is -0.941. The molecule has 0 radical (unpaired) electrons. The molecule has 6 heteroatoms. The molecule has 2 aliphatic rings. The van der Waals surface area contributed by atoms with E-state index in [9.17, 15) is 9.59 Å². The molecule has 22 heavy (non-hydrogen) atoms. The standard InChI is InChI=1S/C16H21NO4S/c1-10-2-3-14(22-10)12-8-13(12)16(20)17(9-15(18)19)11-4-6-21-7-5-11/h2-3,11-13H,4-9H2,1H3,(H,18,19)/t12-,13-/m1/s1. The molecule has 120 valence electrons. The van der Waals surface area contributed by atoms with E-state index in [0.717, 1.165) is 19.3 Å². The van der Waals surface area contributed by atoms with Gasteiger partial charge in [0.15, 0.2) is 0 Å². The maximum absolute atomic E-state index is 12.8. The number of thiophene rings is 1. The zero-order valence-corrected chi connectivity index (χ0v) is 13.5. The summed E-state index contributed by atoms with van der Waals surface area (Å²) in [6.07, 6.45) is 2.31. The van der Waals surface area contributed by atoms with E-state index >= 15 is 0 Å². The van der Waals surface area contributed by atoms with Gasteiger partial charge in [0, 0.05) is 40.8 Å². The molecule has 2 heterocycles. The van der Waals surface area contributed by atoms with Crippen molar-refractivity contribution in [2.75, 3.05) is 19.8 Å². The van der Waals surface area contributed by atoms with Crippen LogP contribution >= 0.6 is 11.3 Å². The molecular formula is C16H21NO4S. The number of carboxylic acid groups (broad SMARTS) is 1. The summed E-state index contributed by atoms with van der Waals surface area (Å²) in [5, 5.41) is 9.13. The predicted octanol–water partition coefficient (Wildman–Crippen LogP) is 2.25. The third-order valence-corrected chi connectivity index (χ3v) is 5.59. The zero-order chi connectivity index (χ0) is 15.7. The average molecular weight is 323 g/mol. The van der Waals surface area contributed by atoms with E-state index < -0.39 is 5.97 Å². The van der Waals surface area contributed by atoms with Crippen molar-refractivity contribution >= 4 is 23.2 Å². The van der Waals surface area contributed by atoms with Gasteiger partial charge < -0.3 is 14.7 Å². The van der Waals surface area contributed by atoms with Gasteiger partial charge in [-0.2, -0.15) is 0 Å². The number of hydrogen-bond acceptors (Lipinski definition) is 4. The van der Waals surface area contributed by atoms with Crippen LogP contribution in [0.25, 0.3) is 0 Å². The average Bonchev–Trinajstić information content (AvgIpc) is 3.19. The highest BCUT2D eigenvalue weighted by molar-refractivity contribution is 7.12. The maximum atomic E-state index is 12.8. The lowest BCUT2D eigenvalue weighted by molar-refractivity contribution is -0.148. The molecule has 0 aromatic carbocycles. The minimum absolute atomic E-state index is 0.00340. The van der Waals surface area contributed by atoms with Crippen LogP contribution in [0, 0.1) is 12.8 Å². The second-order valence-electron chi connectivity index (χ2n) is 6.10. The molecule has 5 nitrogen and oxygen atoms in total. The number of rotatable bonds is 5. The van der Waals surface area contributed by atoms with Crippen molar-refractivity contribution in [1.82, 2.24) is 4.90 Å². The molecule has 1 N–H and O–H groups in total. The van der Waals surface area contributed by atoms with Crippen LogP contribution in [0.4, 0.5) is 0 Å². The number of amides is 1. The van der Waals surface area contributed by atoms with Gasteiger partial charge in [-0.1, -0.05) is 0 Å². The molecule has 0 bridgehead atoms. The van der Waals surface area contributed by atoms with Crippen molar-refractivity contribution in [3.05, 3.63) is 21.9 Å². The van der Waals surface area contributed by atoms with Crippen molar-refractivity contribution in [1.29, 1.82) is 0 Å². The highest BCUT2D eigenvalue weighted by Gasteiger charge is 2.47. The molecule has 1 saturated heterocycles. The third kappa shape index (κ3) is 3.33. The van der Waals surface area contributed by atoms with Crippen LogP contribution < -0.4 is 0 Å². The van der Waals surface area contributed by atoms with Gasteiger partial charge in [0.2, 0.25) is 5.91 Å². The van der Waals surface area contributed by atoms with Crippen LogP contribution in [-0.2, 0) is 14.3 Å². The molecule has 2 atom stereocenters. The fourth-order valence-electron chi connectivity index (χ4n) is 3.18. The molecule has 0 unspecified atom stereocenters. The lowest BCUT2D eigenvalue weighted by Crippen LogP contribution is -2.46. The Morgan fingerprint density at radius 1 is 1.36 bits per heavy atom. The summed E-state index contributed by atoms with van der Waals surface area (Å²) < 4.78 is 5.32. The molecular weight excluding hydrogens is 302 g/mol. The Balaban J connectivity index is 1.68. The first-order valence-corrected chi connectivity index (χ1v) is 8.54. The highest BCUT2D eigenvalue weighted by atomic mass is 32.1. The van der Waals surface area contributed by atoms with Gasteiger partial charge in [-0.3, -0.25) is 9.59 Å². The van der Waals surface area contributed by atoms with Crippen LogP contribution in [0.1, 0.15) is 34.9 Å². The van der Waals surface area contributed by atoms with Gasteiger partial charge >= 0.3 is 5.97 Å². The second-order valence-corrected chi connectivity index (χ2v) is 7.42. The van der Waals surface area contributed by atoms with E-state index in [1.165, 1.54) is 9.75 Å². The smallest absolute Gasteiger partial charge is 0.323 e. The maximum Gasteiger partial charge on any atom is 0.323 e. The summed E-state index contributed by atoms with van der Waals surface area (Å²) in [6, 6.07) is 4.17. The van der Waals surface area contributed by atoms with E-state index in [1.807, 2.05) is 0 Å². The van der Waals surface area contributed by atoms with Crippen molar-refractivity contribution in [3.8, 4) is 0 Å². The van der Waals surface area contributed by atoms with Crippen molar-refractivity contribution < 1.29 is 19.4 Å². The number of hydrogen-bond donors (Lipinski definition) is 1. The Hall–Kier alpha value is -1.40. The van der Waals surface area contributed by atoms with Gasteiger partial charge in [-0.25, -0.2) is 0 Å². The highest BCUT2D eigenvalue weighted by Crippen LogP contribution is 2.50. The largest absolute Gasteiger partial charge is 0.480 e. The number of carboxylic acids is 1. The SMILES string of the molecule is Cc1ccc([C@@H]2C[C@H]2C(=O)N(CC(=O)O)C2CCOCC2)s1. The monoisotopic (exact) mass is 323 g/mol. The summed E-state index contributed by atoms with van der Waals surface area (Å²) in [5.41, 5.74) is 0. The Labute approximate surface area is 133 Å². The van der Waals surface area contributed by atoms with E-state index in [1.54, 1.807) is 16.2 Å². The van der Waals surface area contributed by atoms with Crippen LogP contribution in [0.3, 0.4) is 0 Å². The lowest BCUT2D eigenvalue weighted by atomic mass is 10.1. The first kappa shape index (κ1) is 15.5. The Morgan fingerprint density at radius 3 is 2.68 bits per heavy atom. The number of carbonyl (C=O) groups excluding carboxylic acids is 1. The molecule has 0 spiro atoms. The first-order chi connectivity index (χ1) is 10.6. The van der Waals surface area contributed by atoms with Crippen LogP contribution in [0.5, 0.6) is 0 Å². The fourth-order valence-corrected chi connectivity index (χ4v) is 4.23. The molecule has 1 aliphatic carbocycles. The van der Waals surface area contributed by atoms with Gasteiger partial charge in [0.25, 0.3) is 0 Å². The van der Waals surface area contributed by atoms with E-state index in [-0.39, 0.29) is 30.3 Å². The normalized spacial score (nSPS) is 25.0. The molecule has 1 aromatic heterocycles. The van der Waals surface area contributed by atoms with Crippen molar-refractivity contribution in [3.63, 3.8) is 0 Å². The topological polar surface area (TPSA) is 66.8 Å². The zero-order valence-electron chi connectivity index (χ0n) is 12.7. The van der Waals surface area contributed by atoms with Gasteiger partial charge in [-0.05, 0) is 38.3 Å². The lowest BCUT2D eigenvalue weighted by Gasteiger charge is -2.33. The summed E-state index contributed by atoms with van der Waals surface area (Å²) >= 11 is 1.73. The van der Waals surface area contributed by atoms with Gasteiger partial charge in [-0.15, -0.1) is 11.3 Å². The number of aliphatic carboxylic acids is 1. The predicted molar refractivity (Wildman–Crippen MR) is 83.1 cm³/mol. The minimum Gasteiger partial charge on any atom is -0.480 e. The molecule has 2 fully saturated rings. The molecule has 1 aliphatic heterocycles.